The van der Waals surface area contributed by atoms with E-state index in [9.17, 15) is 4.79 Å². The molecule has 6 nitrogen and oxygen atoms in total. The predicted molar refractivity (Wildman–Crippen MR) is 135 cm³/mol. The van der Waals surface area contributed by atoms with E-state index in [1.165, 1.54) is 24.9 Å². The Morgan fingerprint density at radius 1 is 1.03 bits per heavy atom. The van der Waals surface area contributed by atoms with Gasteiger partial charge >= 0.3 is 0 Å². The van der Waals surface area contributed by atoms with Crippen molar-refractivity contribution in [1.29, 1.82) is 0 Å². The number of hydrogen-bond acceptors (Lipinski definition) is 5. The van der Waals surface area contributed by atoms with E-state index in [2.05, 4.69) is 69.2 Å². The minimum atomic E-state index is 0.114. The lowest BCUT2D eigenvalue weighted by atomic mass is 9.87. The van der Waals surface area contributed by atoms with Gasteiger partial charge in [0.2, 0.25) is 5.91 Å². The third-order valence-corrected chi connectivity index (χ3v) is 8.07. The van der Waals surface area contributed by atoms with Gasteiger partial charge in [-0.05, 0) is 57.3 Å². The zero-order valence-corrected chi connectivity index (χ0v) is 20.9. The molecular weight excluding hydrogens is 410 g/mol. The number of piperidine rings is 1. The topological polar surface area (TPSA) is 42.1 Å². The Morgan fingerprint density at radius 3 is 2.58 bits per heavy atom. The van der Waals surface area contributed by atoms with E-state index in [-0.39, 0.29) is 11.8 Å². The smallest absolute Gasteiger partial charge is 0.224 e. The van der Waals surface area contributed by atoms with Crippen LogP contribution in [-0.2, 0) is 11.2 Å². The van der Waals surface area contributed by atoms with Gasteiger partial charge in [0.1, 0.15) is 0 Å². The van der Waals surface area contributed by atoms with Crippen molar-refractivity contribution >= 4 is 5.91 Å². The maximum Gasteiger partial charge on any atom is 0.224 e. The fraction of sp³-hybridized carbons (Fsp3) is 0.741. The van der Waals surface area contributed by atoms with Crippen LogP contribution in [0.4, 0.5) is 0 Å². The number of carbonyl (C=O) groups is 1. The number of amides is 1. The third kappa shape index (κ3) is 7.25. The Bertz CT molecular complexity index is 720. The standard InChI is InChI=1S/C27H45N5O/c1-3-32-12-7-10-26(32)19-28-27(33)25-18-24(20-30-16-14-29(2)15-17-30)21-31(22-25)13-11-23-8-5-4-6-9-23/h4-6,8-9,24-26H,3,7,10-22H2,1-2H3,(H,28,33)/t24-,25-,26?/m1/s1. The van der Waals surface area contributed by atoms with E-state index in [0.717, 1.165) is 78.3 Å². The Balaban J connectivity index is 1.33. The minimum Gasteiger partial charge on any atom is -0.354 e. The summed E-state index contributed by atoms with van der Waals surface area (Å²) in [6.07, 6.45) is 4.57. The number of likely N-dealkylation sites (N-methyl/N-ethyl adjacent to an activating group) is 2. The quantitative estimate of drug-likeness (QED) is 0.617. The molecule has 1 amide bonds. The van der Waals surface area contributed by atoms with Gasteiger partial charge in [-0.3, -0.25) is 9.69 Å². The van der Waals surface area contributed by atoms with Gasteiger partial charge in [-0.2, -0.15) is 0 Å². The number of piperazine rings is 1. The summed E-state index contributed by atoms with van der Waals surface area (Å²) >= 11 is 0. The molecule has 3 fully saturated rings. The first kappa shape index (κ1) is 24.6. The SMILES string of the molecule is CCN1CCCC1CNC(=O)[C@@H]1C[C@H](CN2CCN(C)CC2)CN(CCc2ccccc2)C1. The predicted octanol–water partition coefficient (Wildman–Crippen LogP) is 2.02. The number of benzene rings is 1. The van der Waals surface area contributed by atoms with E-state index in [0.29, 0.717) is 12.0 Å². The number of likely N-dealkylation sites (tertiary alicyclic amines) is 2. The molecule has 184 valence electrons. The second kappa shape index (κ2) is 12.3. The lowest BCUT2D eigenvalue weighted by molar-refractivity contribution is -0.127. The molecule has 3 saturated heterocycles. The molecule has 4 rings (SSSR count). The van der Waals surface area contributed by atoms with Crippen molar-refractivity contribution < 1.29 is 4.79 Å². The molecular formula is C27H45N5O. The molecule has 0 aliphatic carbocycles. The summed E-state index contributed by atoms with van der Waals surface area (Å²) in [6.45, 7) is 14.1. The van der Waals surface area contributed by atoms with Crippen molar-refractivity contribution in [2.45, 2.75) is 38.6 Å². The average Bonchev–Trinajstić information content (AvgIpc) is 3.31. The Labute approximate surface area is 201 Å². The molecule has 3 atom stereocenters. The minimum absolute atomic E-state index is 0.114. The first-order valence-corrected chi connectivity index (χ1v) is 13.3. The Kier molecular flexibility index (Phi) is 9.18. The number of hydrogen-bond donors (Lipinski definition) is 1. The molecule has 3 aliphatic heterocycles. The van der Waals surface area contributed by atoms with Crippen LogP contribution in [0.15, 0.2) is 30.3 Å². The molecule has 0 bridgehead atoms. The van der Waals surface area contributed by atoms with Crippen LogP contribution in [0.1, 0.15) is 31.7 Å². The molecule has 6 heteroatoms. The summed E-state index contributed by atoms with van der Waals surface area (Å²) in [5, 5.41) is 3.36. The van der Waals surface area contributed by atoms with Gasteiger partial charge in [0.05, 0.1) is 5.92 Å². The molecule has 1 unspecified atom stereocenters. The number of nitrogens with one attached hydrogen (secondary N) is 1. The van der Waals surface area contributed by atoms with Crippen LogP contribution in [-0.4, -0.2) is 111 Å². The monoisotopic (exact) mass is 455 g/mol. The molecule has 1 aromatic carbocycles. The zero-order valence-electron chi connectivity index (χ0n) is 20.9. The second-order valence-electron chi connectivity index (χ2n) is 10.6. The molecule has 0 aromatic heterocycles. The van der Waals surface area contributed by atoms with Gasteiger partial charge in [-0.25, -0.2) is 0 Å². The summed E-state index contributed by atoms with van der Waals surface area (Å²) in [6, 6.07) is 11.3. The van der Waals surface area contributed by atoms with Crippen molar-refractivity contribution in [3.05, 3.63) is 35.9 Å². The van der Waals surface area contributed by atoms with Crippen LogP contribution in [0.25, 0.3) is 0 Å². The average molecular weight is 456 g/mol. The first-order chi connectivity index (χ1) is 16.1. The third-order valence-electron chi connectivity index (χ3n) is 8.07. The number of nitrogens with zero attached hydrogens (tertiary/aromatic N) is 4. The van der Waals surface area contributed by atoms with E-state index in [1.54, 1.807) is 0 Å². The molecule has 3 aliphatic rings. The van der Waals surface area contributed by atoms with Gasteiger partial charge in [-0.15, -0.1) is 0 Å². The van der Waals surface area contributed by atoms with Crippen LogP contribution < -0.4 is 5.32 Å². The summed E-state index contributed by atoms with van der Waals surface area (Å²) in [7, 11) is 2.22. The first-order valence-electron chi connectivity index (χ1n) is 13.3. The lowest BCUT2D eigenvalue weighted by Gasteiger charge is -2.41. The largest absolute Gasteiger partial charge is 0.354 e. The maximum atomic E-state index is 13.3. The molecule has 3 heterocycles. The summed E-state index contributed by atoms with van der Waals surface area (Å²) in [5.74, 6) is 0.974. The summed E-state index contributed by atoms with van der Waals surface area (Å²) in [5.41, 5.74) is 1.39. The van der Waals surface area contributed by atoms with Gasteiger partial charge < -0.3 is 20.0 Å². The van der Waals surface area contributed by atoms with Gasteiger partial charge in [0.25, 0.3) is 0 Å². The van der Waals surface area contributed by atoms with Gasteiger partial charge in [-0.1, -0.05) is 37.3 Å². The molecule has 0 radical (unpaired) electrons. The van der Waals surface area contributed by atoms with E-state index in [4.69, 9.17) is 0 Å². The fourth-order valence-electron chi connectivity index (χ4n) is 6.04. The van der Waals surface area contributed by atoms with E-state index >= 15 is 0 Å². The maximum absolute atomic E-state index is 13.3. The van der Waals surface area contributed by atoms with E-state index in [1.807, 2.05) is 0 Å². The highest BCUT2D eigenvalue weighted by molar-refractivity contribution is 5.79. The van der Waals surface area contributed by atoms with Crippen LogP contribution in [0.2, 0.25) is 0 Å². The lowest BCUT2D eigenvalue weighted by Crippen LogP contribution is -2.52. The molecule has 1 N–H and O–H groups in total. The number of rotatable bonds is 9. The van der Waals surface area contributed by atoms with Crippen molar-refractivity contribution in [2.24, 2.45) is 11.8 Å². The fourth-order valence-corrected chi connectivity index (χ4v) is 6.04. The number of carbonyl (C=O) groups excluding carboxylic acids is 1. The van der Waals surface area contributed by atoms with Gasteiger partial charge in [0, 0.05) is 64.9 Å². The van der Waals surface area contributed by atoms with Gasteiger partial charge in [0.15, 0.2) is 0 Å². The van der Waals surface area contributed by atoms with Crippen molar-refractivity contribution in [3.63, 3.8) is 0 Å². The Morgan fingerprint density at radius 2 is 1.82 bits per heavy atom. The second-order valence-corrected chi connectivity index (χ2v) is 10.6. The molecule has 0 spiro atoms. The summed E-state index contributed by atoms with van der Waals surface area (Å²) in [4.78, 5) is 23.4. The van der Waals surface area contributed by atoms with Crippen molar-refractivity contribution in [3.8, 4) is 0 Å². The highest BCUT2D eigenvalue weighted by Gasteiger charge is 2.33. The summed E-state index contributed by atoms with van der Waals surface area (Å²) < 4.78 is 0. The molecule has 0 saturated carbocycles. The van der Waals surface area contributed by atoms with Crippen LogP contribution in [0, 0.1) is 11.8 Å². The van der Waals surface area contributed by atoms with Crippen molar-refractivity contribution in [2.75, 3.05) is 79.0 Å². The molecule has 1 aromatic rings. The van der Waals surface area contributed by atoms with Crippen LogP contribution >= 0.6 is 0 Å². The highest BCUT2D eigenvalue weighted by Crippen LogP contribution is 2.24. The van der Waals surface area contributed by atoms with E-state index < -0.39 is 0 Å². The molecule has 33 heavy (non-hydrogen) atoms. The van der Waals surface area contributed by atoms with Crippen LogP contribution in [0.3, 0.4) is 0 Å². The zero-order chi connectivity index (χ0) is 23.0. The normalized spacial score (nSPS) is 28.2. The highest BCUT2D eigenvalue weighted by atomic mass is 16.1. The Hall–Kier alpha value is -1.47. The van der Waals surface area contributed by atoms with Crippen molar-refractivity contribution in [1.82, 2.24) is 24.9 Å². The van der Waals surface area contributed by atoms with Crippen LogP contribution in [0.5, 0.6) is 0 Å².